The zero-order valence-electron chi connectivity index (χ0n) is 14.8. The smallest absolute Gasteiger partial charge is 0.404 e. The molecule has 4 aliphatic carbocycles. The number of halogens is 4. The van der Waals surface area contributed by atoms with E-state index in [1.807, 2.05) is 0 Å². The molecule has 4 rings (SSSR count). The third kappa shape index (κ3) is 4.11. The monoisotopic (exact) mass is 416 g/mol. The molecule has 0 heterocycles. The lowest BCUT2D eigenvalue weighted by Gasteiger charge is -2.60. The summed E-state index contributed by atoms with van der Waals surface area (Å²) < 4.78 is 78.0. The van der Waals surface area contributed by atoms with Crippen LogP contribution in [0.4, 0.5) is 17.6 Å². The van der Waals surface area contributed by atoms with Gasteiger partial charge in [0, 0.05) is 6.42 Å². The summed E-state index contributed by atoms with van der Waals surface area (Å²) in [6.07, 6.45) is 2.89. The maximum atomic E-state index is 13.3. The molecule has 4 bridgehead atoms. The minimum absolute atomic E-state index is 0.0846. The van der Waals surface area contributed by atoms with Crippen LogP contribution in [0.15, 0.2) is 0 Å². The van der Waals surface area contributed by atoms with Crippen LogP contribution in [0.2, 0.25) is 0 Å². The summed E-state index contributed by atoms with van der Waals surface area (Å²) in [6, 6.07) is 0. The van der Waals surface area contributed by atoms with E-state index in [9.17, 15) is 35.9 Å². The van der Waals surface area contributed by atoms with E-state index >= 15 is 0 Å². The number of hydrogen-bond donors (Lipinski definition) is 2. The molecule has 2 unspecified atom stereocenters. The quantitative estimate of drug-likeness (QED) is 0.275. The highest BCUT2D eigenvalue weighted by Crippen LogP contribution is 2.62. The van der Waals surface area contributed by atoms with Crippen LogP contribution in [0.1, 0.15) is 57.8 Å². The molecule has 0 radical (unpaired) electrons. The predicted molar refractivity (Wildman–Crippen MR) is 87.1 cm³/mol. The largest absolute Gasteiger partial charge is 0.466 e. The molecule has 2 atom stereocenters. The average molecular weight is 416 g/mol. The van der Waals surface area contributed by atoms with Gasteiger partial charge < -0.3 is 9.84 Å². The van der Waals surface area contributed by atoms with E-state index in [4.69, 9.17) is 4.74 Å². The van der Waals surface area contributed by atoms with Gasteiger partial charge in [0.1, 0.15) is 0 Å². The van der Waals surface area contributed by atoms with E-state index in [-0.39, 0.29) is 11.8 Å². The average Bonchev–Trinajstić information content (AvgIpc) is 2.48. The van der Waals surface area contributed by atoms with Crippen LogP contribution in [0.3, 0.4) is 0 Å². The van der Waals surface area contributed by atoms with Gasteiger partial charge in [-0.3, -0.25) is 4.79 Å². The minimum atomic E-state index is -5.12. The van der Waals surface area contributed by atoms with Crippen LogP contribution in [-0.2, 0) is 20.2 Å². The highest BCUT2D eigenvalue weighted by atomic mass is 32.2. The number of thiol groups is 1. The van der Waals surface area contributed by atoms with E-state index < -0.39 is 52.9 Å². The van der Waals surface area contributed by atoms with Crippen molar-refractivity contribution in [2.75, 3.05) is 6.61 Å². The first-order chi connectivity index (χ1) is 12.4. The Morgan fingerprint density at radius 3 is 2.22 bits per heavy atom. The maximum absolute atomic E-state index is 13.3. The van der Waals surface area contributed by atoms with Crippen molar-refractivity contribution in [3.8, 4) is 0 Å². The van der Waals surface area contributed by atoms with Gasteiger partial charge in [0.15, 0.2) is 0 Å². The van der Waals surface area contributed by atoms with Crippen LogP contribution in [0, 0.1) is 17.3 Å². The van der Waals surface area contributed by atoms with Crippen LogP contribution in [-0.4, -0.2) is 42.9 Å². The van der Waals surface area contributed by atoms with E-state index in [0.717, 1.165) is 32.1 Å². The molecule has 0 aromatic rings. The first-order valence-corrected chi connectivity index (χ1v) is 10.3. The van der Waals surface area contributed by atoms with Crippen LogP contribution in [0.5, 0.6) is 0 Å². The second-order valence-corrected chi connectivity index (χ2v) is 9.76. The highest BCUT2D eigenvalue weighted by molar-refractivity contribution is 7.73. The molecule has 156 valence electrons. The zero-order chi connectivity index (χ0) is 20.1. The van der Waals surface area contributed by atoms with Gasteiger partial charge in [-0.05, 0) is 62.2 Å². The molecule has 27 heavy (non-hydrogen) atoms. The van der Waals surface area contributed by atoms with Gasteiger partial charge in [-0.2, -0.15) is 17.6 Å². The molecular formula is C17H24F4O5S. The lowest BCUT2D eigenvalue weighted by atomic mass is 9.47. The standard InChI is InChI=1S/C17H24F4O5S/c18-16(19,17(20,21)27(24)25)2-1-3-26-13(22)9-14-5-11-4-12(6-14)8-15(23,7-11)10-14/h11-12,23,27H,1-10H2. The second-order valence-electron chi connectivity index (χ2n) is 8.69. The summed E-state index contributed by atoms with van der Waals surface area (Å²) in [4.78, 5) is 12.1. The molecule has 1 N–H and O–H groups in total. The maximum Gasteiger partial charge on any atom is 0.404 e. The first-order valence-electron chi connectivity index (χ1n) is 9.15. The number of carbonyl (C=O) groups is 1. The molecule has 4 aliphatic rings. The molecule has 10 heteroatoms. The van der Waals surface area contributed by atoms with E-state index in [1.165, 1.54) is 0 Å². The van der Waals surface area contributed by atoms with E-state index in [1.54, 1.807) is 0 Å². The van der Waals surface area contributed by atoms with Crippen LogP contribution in [0.25, 0.3) is 0 Å². The van der Waals surface area contributed by atoms with Crippen molar-refractivity contribution in [3.63, 3.8) is 0 Å². The summed E-state index contributed by atoms with van der Waals surface area (Å²) in [6.45, 7) is -0.479. The van der Waals surface area contributed by atoms with Gasteiger partial charge in [-0.25, -0.2) is 8.42 Å². The van der Waals surface area contributed by atoms with E-state index in [2.05, 4.69) is 0 Å². The SMILES string of the molecule is O=C(CC12CC3CC(CC(O)(C3)C1)C2)OCCCC(F)(F)C(F)(F)[SH](=O)=O. The van der Waals surface area contributed by atoms with Gasteiger partial charge in [-0.1, -0.05) is 0 Å². The molecular weight excluding hydrogens is 392 g/mol. The molecule has 0 aliphatic heterocycles. The Hall–Kier alpha value is -0.900. The third-order valence-electron chi connectivity index (χ3n) is 6.24. The predicted octanol–water partition coefficient (Wildman–Crippen LogP) is 2.87. The van der Waals surface area contributed by atoms with Crippen molar-refractivity contribution in [1.82, 2.24) is 0 Å². The van der Waals surface area contributed by atoms with Gasteiger partial charge in [0.05, 0.1) is 18.6 Å². The number of aliphatic hydroxyl groups is 1. The Balaban J connectivity index is 1.47. The van der Waals surface area contributed by atoms with Crippen LogP contribution < -0.4 is 0 Å². The van der Waals surface area contributed by atoms with Crippen LogP contribution >= 0.6 is 0 Å². The summed E-state index contributed by atoms with van der Waals surface area (Å²) in [5.41, 5.74) is -1.05. The molecule has 0 amide bonds. The topological polar surface area (TPSA) is 80.7 Å². The molecule has 0 saturated heterocycles. The fourth-order valence-electron chi connectivity index (χ4n) is 5.73. The van der Waals surface area contributed by atoms with Crippen molar-refractivity contribution in [1.29, 1.82) is 0 Å². The number of esters is 1. The third-order valence-corrected chi connectivity index (χ3v) is 7.02. The van der Waals surface area contributed by atoms with Crippen molar-refractivity contribution >= 4 is 16.7 Å². The van der Waals surface area contributed by atoms with Crippen molar-refractivity contribution in [3.05, 3.63) is 0 Å². The van der Waals surface area contributed by atoms with Gasteiger partial charge in [0.2, 0.25) is 10.7 Å². The number of alkyl halides is 4. The Bertz CT molecular complexity index is 656. The normalized spacial score (nSPS) is 35.6. The zero-order valence-corrected chi connectivity index (χ0v) is 15.7. The van der Waals surface area contributed by atoms with E-state index in [0.29, 0.717) is 18.3 Å². The van der Waals surface area contributed by atoms with Crippen molar-refractivity contribution in [2.45, 2.75) is 74.6 Å². The Kier molecular flexibility index (Phi) is 5.29. The number of rotatable bonds is 8. The molecule has 0 aromatic heterocycles. The van der Waals surface area contributed by atoms with Gasteiger partial charge >= 0.3 is 17.1 Å². The highest BCUT2D eigenvalue weighted by Gasteiger charge is 2.59. The molecule has 5 nitrogen and oxygen atoms in total. The summed E-state index contributed by atoms with van der Waals surface area (Å²) in [7, 11) is -4.60. The summed E-state index contributed by atoms with van der Waals surface area (Å²) in [5, 5.41) is 5.53. The molecule has 4 saturated carbocycles. The summed E-state index contributed by atoms with van der Waals surface area (Å²) >= 11 is 0. The van der Waals surface area contributed by atoms with Gasteiger partial charge in [0.25, 0.3) is 0 Å². The number of hydrogen-bond acceptors (Lipinski definition) is 5. The Morgan fingerprint density at radius 2 is 1.70 bits per heavy atom. The lowest BCUT2D eigenvalue weighted by Crippen LogP contribution is -2.56. The number of ether oxygens (including phenoxy) is 1. The Morgan fingerprint density at radius 1 is 1.11 bits per heavy atom. The fourth-order valence-corrected chi connectivity index (χ4v) is 6.11. The summed E-state index contributed by atoms with van der Waals surface area (Å²) in [5.74, 6) is -4.53. The minimum Gasteiger partial charge on any atom is -0.466 e. The van der Waals surface area contributed by atoms with Gasteiger partial charge in [-0.15, -0.1) is 0 Å². The van der Waals surface area contributed by atoms with Crippen molar-refractivity contribution in [2.24, 2.45) is 17.3 Å². The fraction of sp³-hybridized carbons (Fsp3) is 0.941. The molecule has 0 spiro atoms. The van der Waals surface area contributed by atoms with Crippen molar-refractivity contribution < 1.29 is 40.6 Å². The molecule has 4 fully saturated rings. The molecule has 0 aromatic carbocycles. The number of carbonyl (C=O) groups excluding carboxylic acids is 1. The Labute approximate surface area is 156 Å². The second kappa shape index (κ2) is 6.86. The lowest BCUT2D eigenvalue weighted by molar-refractivity contribution is -0.178. The first kappa shape index (κ1) is 20.8.